The third kappa shape index (κ3) is 5.95. The summed E-state index contributed by atoms with van der Waals surface area (Å²) in [5, 5.41) is 9.98. The van der Waals surface area contributed by atoms with Crippen LogP contribution in [0, 0.1) is 17.8 Å². The summed E-state index contributed by atoms with van der Waals surface area (Å²) in [6.07, 6.45) is 5.80. The number of carbonyl (C=O) groups excluding carboxylic acids is 2. The van der Waals surface area contributed by atoms with E-state index < -0.39 is 0 Å². The van der Waals surface area contributed by atoms with E-state index in [1.54, 1.807) is 0 Å². The van der Waals surface area contributed by atoms with Crippen molar-refractivity contribution in [3.8, 4) is 0 Å². The van der Waals surface area contributed by atoms with Gasteiger partial charge in [-0.2, -0.15) is 0 Å². The number of ether oxygens (including phenoxy) is 1. The molecule has 2 amide bonds. The zero-order valence-electron chi connectivity index (χ0n) is 20.9. The minimum Gasteiger partial charge on any atom is -0.381 e. The van der Waals surface area contributed by atoms with Gasteiger partial charge in [-0.3, -0.25) is 14.5 Å². The van der Waals surface area contributed by atoms with E-state index in [1.165, 1.54) is 0 Å². The number of aromatic nitrogens is 1. The number of nitrogens with one attached hydrogen (secondary N) is 3. The van der Waals surface area contributed by atoms with Crippen LogP contribution in [0.25, 0.3) is 0 Å². The number of hydrogen-bond donors (Lipinski definition) is 3. The summed E-state index contributed by atoms with van der Waals surface area (Å²) < 4.78 is 5.37. The van der Waals surface area contributed by atoms with Crippen molar-refractivity contribution < 1.29 is 14.3 Å². The molecule has 9 heteroatoms. The van der Waals surface area contributed by atoms with Crippen molar-refractivity contribution in [2.45, 2.75) is 44.7 Å². The van der Waals surface area contributed by atoms with E-state index in [9.17, 15) is 9.59 Å². The lowest BCUT2D eigenvalue weighted by atomic mass is 9.80. The van der Waals surface area contributed by atoms with Gasteiger partial charge < -0.3 is 25.6 Å². The number of carbonyl (C=O) groups is 2. The van der Waals surface area contributed by atoms with Crippen LogP contribution in [0.5, 0.6) is 0 Å². The maximum Gasteiger partial charge on any atom is 0.269 e. The number of rotatable bonds is 7. The van der Waals surface area contributed by atoms with E-state index in [-0.39, 0.29) is 23.8 Å². The monoisotopic (exact) mass is 484 g/mol. The Morgan fingerprint density at radius 3 is 2.74 bits per heavy atom. The first-order valence-corrected chi connectivity index (χ1v) is 13.4. The second kappa shape index (κ2) is 11.2. The predicted molar refractivity (Wildman–Crippen MR) is 134 cm³/mol. The third-order valence-corrected chi connectivity index (χ3v) is 8.28. The molecule has 4 unspecified atom stereocenters. The average molecular weight is 485 g/mol. The topological polar surface area (TPSA) is 98.8 Å². The number of piperazine rings is 1. The molecule has 4 fully saturated rings. The number of hydrogen-bond acceptors (Lipinski definition) is 7. The quantitative estimate of drug-likeness (QED) is 0.528. The van der Waals surface area contributed by atoms with E-state index in [0.717, 1.165) is 83.9 Å². The summed E-state index contributed by atoms with van der Waals surface area (Å²) in [7, 11) is 0. The number of amides is 2. The molecule has 0 radical (unpaired) electrons. The molecule has 4 aliphatic rings. The first kappa shape index (κ1) is 24.5. The fourth-order valence-electron chi connectivity index (χ4n) is 6.01. The lowest BCUT2D eigenvalue weighted by Crippen LogP contribution is -2.62. The Morgan fingerprint density at radius 2 is 2.03 bits per heavy atom. The average Bonchev–Trinajstić information content (AvgIpc) is 3.41. The van der Waals surface area contributed by atoms with E-state index in [0.29, 0.717) is 30.1 Å². The second-order valence-corrected chi connectivity index (χ2v) is 10.7. The first-order chi connectivity index (χ1) is 17.1. The van der Waals surface area contributed by atoms with E-state index in [2.05, 4.69) is 37.7 Å². The van der Waals surface area contributed by atoms with Gasteiger partial charge in [0.25, 0.3) is 5.91 Å². The summed E-state index contributed by atoms with van der Waals surface area (Å²) in [4.78, 5) is 34.0. The SMILES string of the molecule is CCC1CC2NCC(CN3CCN(c4ccc(C(=O)NC[C@H]5CCOC5)nc4)CC3)CC2NC1=O. The summed E-state index contributed by atoms with van der Waals surface area (Å²) in [5.74, 6) is 1.27. The molecule has 3 N–H and O–H groups in total. The van der Waals surface area contributed by atoms with Crippen LogP contribution in [0.4, 0.5) is 5.69 Å². The van der Waals surface area contributed by atoms with Gasteiger partial charge in [-0.05, 0) is 50.3 Å². The van der Waals surface area contributed by atoms with Gasteiger partial charge in [-0.15, -0.1) is 0 Å². The molecule has 0 spiro atoms. The largest absolute Gasteiger partial charge is 0.381 e. The van der Waals surface area contributed by atoms with Crippen molar-refractivity contribution in [2.24, 2.45) is 17.8 Å². The molecule has 1 aromatic rings. The standard InChI is InChI=1S/C26H40N6O3/c1-2-20-12-23-24(30-25(20)33)11-19(14-27-23)16-31-6-8-32(9-7-31)21-3-4-22(28-15-21)26(34)29-13-18-5-10-35-17-18/h3-4,15,18-20,23-24,27H,2,5-14,16-17H2,1H3,(H,29,34)(H,30,33)/t18-,19?,20?,23?,24?/m1/s1. The van der Waals surface area contributed by atoms with Crippen LogP contribution in [-0.4, -0.2) is 92.8 Å². The van der Waals surface area contributed by atoms with Gasteiger partial charge in [0.2, 0.25) is 5.91 Å². The van der Waals surface area contributed by atoms with Gasteiger partial charge in [0.1, 0.15) is 5.69 Å². The fraction of sp³-hybridized carbons (Fsp3) is 0.731. The van der Waals surface area contributed by atoms with Crippen LogP contribution < -0.4 is 20.9 Å². The molecule has 5 heterocycles. The van der Waals surface area contributed by atoms with Crippen molar-refractivity contribution in [2.75, 3.05) is 63.9 Å². The van der Waals surface area contributed by atoms with Gasteiger partial charge in [0.05, 0.1) is 18.5 Å². The lowest BCUT2D eigenvalue weighted by molar-refractivity contribution is -0.129. The molecule has 9 nitrogen and oxygen atoms in total. The highest BCUT2D eigenvalue weighted by Gasteiger charge is 2.39. The van der Waals surface area contributed by atoms with Crippen LogP contribution in [-0.2, 0) is 9.53 Å². The smallest absolute Gasteiger partial charge is 0.269 e. The van der Waals surface area contributed by atoms with Gasteiger partial charge in [-0.25, -0.2) is 4.98 Å². The third-order valence-electron chi connectivity index (χ3n) is 8.28. The molecule has 0 bridgehead atoms. The maximum atomic E-state index is 12.4. The Hall–Kier alpha value is -2.23. The Kier molecular flexibility index (Phi) is 7.84. The molecular weight excluding hydrogens is 444 g/mol. The molecule has 192 valence electrons. The van der Waals surface area contributed by atoms with Crippen molar-refractivity contribution in [1.82, 2.24) is 25.8 Å². The minimum atomic E-state index is -0.115. The highest BCUT2D eigenvalue weighted by atomic mass is 16.5. The molecule has 0 aliphatic carbocycles. The second-order valence-electron chi connectivity index (χ2n) is 10.7. The van der Waals surface area contributed by atoms with Gasteiger partial charge in [-0.1, -0.05) is 6.92 Å². The number of fused-ring (bicyclic) bond motifs is 1. The molecular formula is C26H40N6O3. The van der Waals surface area contributed by atoms with Crippen molar-refractivity contribution in [3.63, 3.8) is 0 Å². The Morgan fingerprint density at radius 1 is 1.17 bits per heavy atom. The molecule has 5 atom stereocenters. The molecule has 35 heavy (non-hydrogen) atoms. The zero-order chi connectivity index (χ0) is 24.2. The molecule has 4 saturated heterocycles. The summed E-state index contributed by atoms with van der Waals surface area (Å²) >= 11 is 0. The molecule has 1 aromatic heterocycles. The van der Waals surface area contributed by atoms with Crippen molar-refractivity contribution in [3.05, 3.63) is 24.0 Å². The highest BCUT2D eigenvalue weighted by molar-refractivity contribution is 5.92. The maximum absolute atomic E-state index is 12.4. The zero-order valence-corrected chi connectivity index (χ0v) is 20.9. The van der Waals surface area contributed by atoms with Crippen LogP contribution in [0.15, 0.2) is 18.3 Å². The van der Waals surface area contributed by atoms with Crippen molar-refractivity contribution in [1.29, 1.82) is 0 Å². The van der Waals surface area contributed by atoms with E-state index in [4.69, 9.17) is 4.74 Å². The Bertz CT molecular complexity index is 866. The van der Waals surface area contributed by atoms with Gasteiger partial charge >= 0.3 is 0 Å². The van der Waals surface area contributed by atoms with E-state index >= 15 is 0 Å². The summed E-state index contributed by atoms with van der Waals surface area (Å²) in [5.41, 5.74) is 1.54. The van der Waals surface area contributed by atoms with Crippen molar-refractivity contribution >= 4 is 17.5 Å². The Labute approximate surface area is 208 Å². The molecule has 5 rings (SSSR count). The number of nitrogens with zero attached hydrogens (tertiary/aromatic N) is 3. The highest BCUT2D eigenvalue weighted by Crippen LogP contribution is 2.27. The Balaban J connectivity index is 1.05. The summed E-state index contributed by atoms with van der Waals surface area (Å²) in [6.45, 7) is 10.3. The molecule has 4 aliphatic heterocycles. The number of piperidine rings is 2. The van der Waals surface area contributed by atoms with Gasteiger partial charge in [0, 0.05) is 69.8 Å². The van der Waals surface area contributed by atoms with E-state index in [1.807, 2.05) is 18.3 Å². The van der Waals surface area contributed by atoms with Crippen LogP contribution in [0.3, 0.4) is 0 Å². The number of anilines is 1. The lowest BCUT2D eigenvalue weighted by Gasteiger charge is -2.44. The van der Waals surface area contributed by atoms with Crippen LogP contribution in [0.2, 0.25) is 0 Å². The predicted octanol–water partition coefficient (Wildman–Crippen LogP) is 0.863. The summed E-state index contributed by atoms with van der Waals surface area (Å²) in [6, 6.07) is 4.55. The molecule has 0 aromatic carbocycles. The van der Waals surface area contributed by atoms with Crippen LogP contribution in [0.1, 0.15) is 43.1 Å². The fourth-order valence-corrected chi connectivity index (χ4v) is 6.01. The van der Waals surface area contributed by atoms with Crippen LogP contribution >= 0.6 is 0 Å². The normalized spacial score (nSPS) is 31.6. The minimum absolute atomic E-state index is 0.115. The number of pyridine rings is 1. The first-order valence-electron chi connectivity index (χ1n) is 13.4. The van der Waals surface area contributed by atoms with Gasteiger partial charge in [0.15, 0.2) is 0 Å². The molecule has 0 saturated carbocycles.